The molecule has 12 heteroatoms. The molecule has 3 aromatic rings. The molecule has 0 bridgehead atoms. The first kappa shape index (κ1) is 19.4. The first-order chi connectivity index (χ1) is 13.2. The molecule has 0 saturated heterocycles. The van der Waals surface area contributed by atoms with E-state index in [2.05, 4.69) is 20.5 Å². The number of carboxylic acids is 1. The monoisotopic (exact) mass is 419 g/mol. The molecule has 1 aromatic heterocycles. The largest absolute Gasteiger partial charge is 0.491 e. The number of nitrogens with one attached hydrogen (secondary N) is 1. The average molecular weight is 419 g/mol. The van der Waals surface area contributed by atoms with Crippen LogP contribution in [0.4, 0.5) is 21.5 Å². The van der Waals surface area contributed by atoms with Crippen molar-refractivity contribution >= 4 is 48.8 Å². The van der Waals surface area contributed by atoms with Crippen LogP contribution in [0, 0.1) is 0 Å². The lowest BCUT2D eigenvalue weighted by molar-refractivity contribution is 0.0697. The van der Waals surface area contributed by atoms with Crippen LogP contribution in [0.5, 0.6) is 5.88 Å². The number of thiazole rings is 1. The lowest BCUT2D eigenvalue weighted by Crippen LogP contribution is -2.11. The van der Waals surface area contributed by atoms with Gasteiger partial charge in [-0.25, -0.2) is 18.4 Å². The summed E-state index contributed by atoms with van der Waals surface area (Å²) in [7, 11) is -3.78. The Hall–Kier alpha value is -3.35. The second-order valence-electron chi connectivity index (χ2n) is 5.39. The fourth-order valence-corrected chi connectivity index (χ4v) is 3.27. The van der Waals surface area contributed by atoms with Crippen molar-refractivity contribution in [2.45, 2.75) is 4.90 Å². The maximum absolute atomic E-state index is 11.3. The van der Waals surface area contributed by atoms with Crippen molar-refractivity contribution < 1.29 is 23.4 Å². The van der Waals surface area contributed by atoms with Gasteiger partial charge in [-0.3, -0.25) is 0 Å². The van der Waals surface area contributed by atoms with E-state index >= 15 is 0 Å². The predicted molar refractivity (Wildman–Crippen MR) is 102 cm³/mol. The molecule has 28 heavy (non-hydrogen) atoms. The zero-order valence-electron chi connectivity index (χ0n) is 14.0. The van der Waals surface area contributed by atoms with Gasteiger partial charge in [0.15, 0.2) is 5.13 Å². The number of nitrogens with two attached hydrogens (primary N) is 1. The van der Waals surface area contributed by atoms with Crippen molar-refractivity contribution in [3.05, 3.63) is 54.1 Å². The molecule has 0 aliphatic heterocycles. The topological polar surface area (TPSA) is 167 Å². The zero-order chi connectivity index (χ0) is 20.3. The third kappa shape index (κ3) is 4.68. The number of benzene rings is 2. The molecule has 0 fully saturated rings. The Morgan fingerprint density at radius 1 is 1.07 bits per heavy atom. The number of primary sulfonamides is 1. The summed E-state index contributed by atoms with van der Waals surface area (Å²) in [5.41, 5.74) is 1.07. The van der Waals surface area contributed by atoms with Crippen LogP contribution in [0.15, 0.2) is 63.7 Å². The number of rotatable bonds is 6. The molecule has 0 unspecified atom stereocenters. The minimum absolute atomic E-state index is 0.0246. The van der Waals surface area contributed by atoms with E-state index in [1.807, 2.05) is 0 Å². The van der Waals surface area contributed by atoms with Gasteiger partial charge in [0.1, 0.15) is 0 Å². The first-order valence-corrected chi connectivity index (χ1v) is 9.93. The molecule has 10 nitrogen and oxygen atoms in total. The Balaban J connectivity index is 1.73. The summed E-state index contributed by atoms with van der Waals surface area (Å²) in [4.78, 5) is 14.7. The number of aromatic nitrogens is 1. The molecule has 0 saturated carbocycles. The van der Waals surface area contributed by atoms with E-state index in [1.165, 1.54) is 48.5 Å². The lowest BCUT2D eigenvalue weighted by atomic mass is 10.2. The Kier molecular flexibility index (Phi) is 5.35. The standard InChI is InChI=1S/C16H13N5O5S2/c17-28(25,26)12-7-5-10(6-8-12)18-16-19-13(22)14(27-16)21-20-11-3-1-9(2-4-11)15(23)24/h1-8,22H,(H,18,19)(H,23,24)(H2,17,25,26). The van der Waals surface area contributed by atoms with Crippen LogP contribution in [0.2, 0.25) is 0 Å². The van der Waals surface area contributed by atoms with Crippen LogP contribution in [0.3, 0.4) is 0 Å². The summed E-state index contributed by atoms with van der Waals surface area (Å²) in [6.45, 7) is 0. The second-order valence-corrected chi connectivity index (χ2v) is 7.93. The Morgan fingerprint density at radius 3 is 2.29 bits per heavy atom. The number of aromatic carboxylic acids is 1. The van der Waals surface area contributed by atoms with Crippen molar-refractivity contribution in [1.82, 2.24) is 4.98 Å². The lowest BCUT2D eigenvalue weighted by Gasteiger charge is -2.03. The molecule has 0 atom stereocenters. The van der Waals surface area contributed by atoms with Crippen molar-refractivity contribution in [2.75, 3.05) is 5.32 Å². The van der Waals surface area contributed by atoms with Gasteiger partial charge in [0.2, 0.25) is 15.0 Å². The Labute approximate surface area is 163 Å². The molecule has 5 N–H and O–H groups in total. The number of anilines is 2. The fraction of sp³-hybridized carbons (Fsp3) is 0. The molecule has 144 valence electrons. The van der Waals surface area contributed by atoms with Gasteiger partial charge in [-0.05, 0) is 48.5 Å². The highest BCUT2D eigenvalue weighted by Crippen LogP contribution is 2.38. The van der Waals surface area contributed by atoms with Crippen LogP contribution in [-0.2, 0) is 10.0 Å². The number of hydrogen-bond donors (Lipinski definition) is 4. The number of azo groups is 1. The van der Waals surface area contributed by atoms with Crippen LogP contribution in [-0.4, -0.2) is 29.6 Å². The molecule has 0 aliphatic carbocycles. The molecule has 0 amide bonds. The summed E-state index contributed by atoms with van der Waals surface area (Å²) >= 11 is 1.02. The average Bonchev–Trinajstić information content (AvgIpc) is 2.99. The summed E-state index contributed by atoms with van der Waals surface area (Å²) in [5, 5.41) is 35.0. The molecule has 3 rings (SSSR count). The summed E-state index contributed by atoms with van der Waals surface area (Å²) in [5.74, 6) is -1.38. The SMILES string of the molecule is NS(=O)(=O)c1ccc(Nc2nc(O)c(N=Nc3ccc(C(=O)O)cc3)s2)cc1. The van der Waals surface area contributed by atoms with E-state index in [4.69, 9.17) is 10.2 Å². The van der Waals surface area contributed by atoms with Crippen molar-refractivity contribution in [1.29, 1.82) is 0 Å². The third-order valence-electron chi connectivity index (χ3n) is 3.40. The van der Waals surface area contributed by atoms with E-state index < -0.39 is 16.0 Å². The molecule has 0 spiro atoms. The molecule has 0 radical (unpaired) electrons. The van der Waals surface area contributed by atoms with Gasteiger partial charge in [-0.1, -0.05) is 11.3 Å². The number of carbonyl (C=O) groups is 1. The van der Waals surface area contributed by atoms with E-state index in [1.54, 1.807) is 0 Å². The minimum Gasteiger partial charge on any atom is -0.491 e. The van der Waals surface area contributed by atoms with Crippen LogP contribution < -0.4 is 10.5 Å². The normalized spacial score (nSPS) is 11.6. The summed E-state index contributed by atoms with van der Waals surface area (Å²) < 4.78 is 22.5. The number of aromatic hydroxyl groups is 1. The smallest absolute Gasteiger partial charge is 0.335 e. The highest BCUT2D eigenvalue weighted by molar-refractivity contribution is 7.89. The van der Waals surface area contributed by atoms with E-state index in [-0.39, 0.29) is 21.3 Å². The van der Waals surface area contributed by atoms with Crippen molar-refractivity contribution in [3.8, 4) is 5.88 Å². The number of carboxylic acid groups (broad SMARTS) is 1. The highest BCUT2D eigenvalue weighted by atomic mass is 32.2. The van der Waals surface area contributed by atoms with Crippen LogP contribution in [0.1, 0.15) is 10.4 Å². The predicted octanol–water partition coefficient (Wildman–Crippen LogP) is 3.35. The van der Waals surface area contributed by atoms with Crippen molar-refractivity contribution in [3.63, 3.8) is 0 Å². The zero-order valence-corrected chi connectivity index (χ0v) is 15.6. The Morgan fingerprint density at radius 2 is 1.71 bits per heavy atom. The van der Waals surface area contributed by atoms with Gasteiger partial charge in [-0.2, -0.15) is 4.98 Å². The number of nitrogens with zero attached hydrogens (tertiary/aromatic N) is 3. The fourth-order valence-electron chi connectivity index (χ4n) is 2.05. The van der Waals surface area contributed by atoms with Gasteiger partial charge < -0.3 is 15.5 Å². The highest BCUT2D eigenvalue weighted by Gasteiger charge is 2.11. The maximum Gasteiger partial charge on any atom is 0.335 e. The number of hydrogen-bond acceptors (Lipinski definition) is 9. The molecule has 1 heterocycles. The van der Waals surface area contributed by atoms with Crippen LogP contribution >= 0.6 is 11.3 Å². The van der Waals surface area contributed by atoms with E-state index in [0.29, 0.717) is 16.5 Å². The first-order valence-electron chi connectivity index (χ1n) is 7.57. The summed E-state index contributed by atoms with van der Waals surface area (Å²) in [6, 6.07) is 11.4. The molecule has 2 aromatic carbocycles. The Bertz CT molecular complexity index is 1140. The quantitative estimate of drug-likeness (QED) is 0.444. The second kappa shape index (κ2) is 7.72. The van der Waals surface area contributed by atoms with Crippen molar-refractivity contribution in [2.24, 2.45) is 15.4 Å². The van der Waals surface area contributed by atoms with Gasteiger partial charge in [0.05, 0.1) is 16.1 Å². The van der Waals surface area contributed by atoms with E-state index in [9.17, 15) is 18.3 Å². The maximum atomic E-state index is 11.3. The van der Waals surface area contributed by atoms with Gasteiger partial charge in [-0.15, -0.1) is 10.2 Å². The van der Waals surface area contributed by atoms with Gasteiger partial charge >= 0.3 is 5.97 Å². The third-order valence-corrected chi connectivity index (χ3v) is 5.17. The summed E-state index contributed by atoms with van der Waals surface area (Å²) in [6.07, 6.45) is 0. The number of sulfonamides is 1. The minimum atomic E-state index is -3.78. The molecular formula is C16H13N5O5S2. The van der Waals surface area contributed by atoms with E-state index in [0.717, 1.165) is 11.3 Å². The molecular weight excluding hydrogens is 406 g/mol. The molecule has 0 aliphatic rings. The van der Waals surface area contributed by atoms with Crippen LogP contribution in [0.25, 0.3) is 0 Å². The van der Waals surface area contributed by atoms with Gasteiger partial charge in [0, 0.05) is 5.69 Å². The van der Waals surface area contributed by atoms with Gasteiger partial charge in [0.25, 0.3) is 5.88 Å².